The Morgan fingerprint density at radius 2 is 2.00 bits per heavy atom. The molecule has 108 valence electrons. The second-order valence-electron chi connectivity index (χ2n) is 4.37. The fourth-order valence-corrected chi connectivity index (χ4v) is 2.70. The predicted octanol–water partition coefficient (Wildman–Crippen LogP) is 4.08. The van der Waals surface area contributed by atoms with Gasteiger partial charge in [0, 0.05) is 23.4 Å². The van der Waals surface area contributed by atoms with Crippen molar-refractivity contribution >= 4 is 11.8 Å². The molecule has 0 bridgehead atoms. The lowest BCUT2D eigenvalue weighted by Crippen LogP contribution is -2.33. The van der Waals surface area contributed by atoms with E-state index in [2.05, 4.69) is 23.2 Å². The second kappa shape index (κ2) is 8.38. The molecule has 2 unspecified atom stereocenters. The molecule has 5 heteroatoms. The summed E-state index contributed by atoms with van der Waals surface area (Å²) in [6.45, 7) is 1.29. The average molecular weight is 289 g/mol. The van der Waals surface area contributed by atoms with E-state index < -0.39 is 6.61 Å². The molecule has 19 heavy (non-hydrogen) atoms. The summed E-state index contributed by atoms with van der Waals surface area (Å²) >= 11 is 1.77. The average Bonchev–Trinajstić information content (AvgIpc) is 2.38. The summed E-state index contributed by atoms with van der Waals surface area (Å²) < 4.78 is 29.3. The molecule has 0 aromatic heterocycles. The number of alkyl halides is 2. The van der Waals surface area contributed by atoms with Gasteiger partial charge in [0.2, 0.25) is 0 Å². The molecule has 0 spiro atoms. The first-order chi connectivity index (χ1) is 9.08. The lowest BCUT2D eigenvalue weighted by molar-refractivity contribution is -0.0506. The molecular formula is C14H21F2NOS. The predicted molar refractivity (Wildman–Crippen MR) is 77.1 cm³/mol. The van der Waals surface area contributed by atoms with Crippen LogP contribution in [0.15, 0.2) is 24.3 Å². The smallest absolute Gasteiger partial charge is 0.387 e. The summed E-state index contributed by atoms with van der Waals surface area (Å²) in [7, 11) is 0. The Morgan fingerprint density at radius 3 is 2.58 bits per heavy atom. The van der Waals surface area contributed by atoms with Gasteiger partial charge in [0.1, 0.15) is 5.75 Å². The highest BCUT2D eigenvalue weighted by Crippen LogP contribution is 2.26. The van der Waals surface area contributed by atoms with Crippen LogP contribution in [-0.4, -0.2) is 24.7 Å². The standard InChI is InChI=1S/C14H21F2NOS/c1-4-11(9-19-3)17-10(2)12-7-5-6-8-13(12)18-14(15)16/h5-8,10-11,14,17H,4,9H2,1-3H3. The van der Waals surface area contributed by atoms with Gasteiger partial charge in [-0.25, -0.2) is 0 Å². The summed E-state index contributed by atoms with van der Waals surface area (Å²) in [5.74, 6) is 1.25. The zero-order chi connectivity index (χ0) is 14.3. The van der Waals surface area contributed by atoms with Crippen molar-refractivity contribution in [3.63, 3.8) is 0 Å². The minimum Gasteiger partial charge on any atom is -0.434 e. The number of rotatable bonds is 8. The highest BCUT2D eigenvalue weighted by atomic mass is 32.2. The van der Waals surface area contributed by atoms with Crippen molar-refractivity contribution in [2.45, 2.75) is 39.0 Å². The van der Waals surface area contributed by atoms with Crippen LogP contribution in [0.4, 0.5) is 8.78 Å². The third kappa shape index (κ3) is 5.37. The number of halogens is 2. The molecule has 1 N–H and O–H groups in total. The fourth-order valence-electron chi connectivity index (χ4n) is 1.97. The quantitative estimate of drug-likeness (QED) is 0.779. The molecule has 1 aromatic rings. The first-order valence-electron chi connectivity index (χ1n) is 6.37. The van der Waals surface area contributed by atoms with Crippen LogP contribution in [0.25, 0.3) is 0 Å². The summed E-state index contributed by atoms with van der Waals surface area (Å²) in [6.07, 6.45) is 3.06. The molecule has 0 fully saturated rings. The monoisotopic (exact) mass is 289 g/mol. The molecule has 2 atom stereocenters. The van der Waals surface area contributed by atoms with E-state index in [0.29, 0.717) is 6.04 Å². The van der Waals surface area contributed by atoms with Gasteiger partial charge in [0.05, 0.1) is 0 Å². The first-order valence-corrected chi connectivity index (χ1v) is 7.76. The lowest BCUT2D eigenvalue weighted by Gasteiger charge is -2.23. The Balaban J connectivity index is 2.77. The van der Waals surface area contributed by atoms with Gasteiger partial charge in [0.25, 0.3) is 0 Å². The van der Waals surface area contributed by atoms with E-state index in [9.17, 15) is 8.78 Å². The van der Waals surface area contributed by atoms with Crippen LogP contribution in [0.2, 0.25) is 0 Å². The Kier molecular flexibility index (Phi) is 7.16. The molecule has 0 radical (unpaired) electrons. The molecule has 1 rings (SSSR count). The first kappa shape index (κ1) is 16.2. The molecule has 0 saturated carbocycles. The molecule has 0 aliphatic rings. The number of para-hydroxylation sites is 1. The largest absolute Gasteiger partial charge is 0.434 e. The van der Waals surface area contributed by atoms with E-state index in [0.717, 1.165) is 17.7 Å². The maximum atomic E-state index is 12.4. The normalized spacial score (nSPS) is 14.4. The third-order valence-corrected chi connectivity index (χ3v) is 3.68. The zero-order valence-electron chi connectivity index (χ0n) is 11.5. The van der Waals surface area contributed by atoms with Gasteiger partial charge >= 0.3 is 6.61 Å². The SMILES string of the molecule is CCC(CSC)NC(C)c1ccccc1OC(F)F. The van der Waals surface area contributed by atoms with E-state index in [1.54, 1.807) is 23.9 Å². The van der Waals surface area contributed by atoms with Gasteiger partial charge < -0.3 is 10.1 Å². The molecule has 0 amide bonds. The highest BCUT2D eigenvalue weighted by Gasteiger charge is 2.16. The van der Waals surface area contributed by atoms with Crippen LogP contribution in [0.1, 0.15) is 31.9 Å². The van der Waals surface area contributed by atoms with Gasteiger partial charge in [-0.05, 0) is 25.7 Å². The van der Waals surface area contributed by atoms with Crippen molar-refractivity contribution in [3.8, 4) is 5.75 Å². The van der Waals surface area contributed by atoms with E-state index in [4.69, 9.17) is 0 Å². The van der Waals surface area contributed by atoms with Crippen LogP contribution in [0, 0.1) is 0 Å². The summed E-state index contributed by atoms with van der Waals surface area (Å²) in [5.41, 5.74) is 0.766. The number of benzene rings is 1. The van der Waals surface area contributed by atoms with E-state index in [1.165, 1.54) is 0 Å². The molecule has 0 saturated heterocycles. The second-order valence-corrected chi connectivity index (χ2v) is 5.28. The van der Waals surface area contributed by atoms with Crippen molar-refractivity contribution in [1.29, 1.82) is 0 Å². The van der Waals surface area contributed by atoms with Crippen LogP contribution >= 0.6 is 11.8 Å². The van der Waals surface area contributed by atoms with Crippen molar-refractivity contribution in [2.75, 3.05) is 12.0 Å². The topological polar surface area (TPSA) is 21.3 Å². The van der Waals surface area contributed by atoms with Crippen LogP contribution in [0.3, 0.4) is 0 Å². The number of thioether (sulfide) groups is 1. The minimum absolute atomic E-state index is 0.0212. The van der Waals surface area contributed by atoms with Gasteiger partial charge in [-0.1, -0.05) is 25.1 Å². The van der Waals surface area contributed by atoms with E-state index >= 15 is 0 Å². The summed E-state index contributed by atoms with van der Waals surface area (Å²) in [4.78, 5) is 0. The van der Waals surface area contributed by atoms with Gasteiger partial charge in [-0.15, -0.1) is 0 Å². The molecule has 0 aliphatic carbocycles. The maximum Gasteiger partial charge on any atom is 0.387 e. The summed E-state index contributed by atoms with van der Waals surface area (Å²) in [5, 5.41) is 3.45. The Morgan fingerprint density at radius 1 is 1.32 bits per heavy atom. The third-order valence-electron chi connectivity index (χ3n) is 2.95. The number of nitrogens with one attached hydrogen (secondary N) is 1. The molecule has 1 aromatic carbocycles. The van der Waals surface area contributed by atoms with Crippen molar-refractivity contribution in [1.82, 2.24) is 5.32 Å². The van der Waals surface area contributed by atoms with E-state index in [1.807, 2.05) is 19.1 Å². The van der Waals surface area contributed by atoms with Crippen LogP contribution in [0.5, 0.6) is 5.75 Å². The Hall–Kier alpha value is -0.810. The van der Waals surface area contributed by atoms with Crippen molar-refractivity contribution < 1.29 is 13.5 Å². The molecule has 0 heterocycles. The van der Waals surface area contributed by atoms with Crippen LogP contribution in [-0.2, 0) is 0 Å². The fraction of sp³-hybridized carbons (Fsp3) is 0.571. The van der Waals surface area contributed by atoms with Crippen LogP contribution < -0.4 is 10.1 Å². The van der Waals surface area contributed by atoms with Crippen molar-refractivity contribution in [3.05, 3.63) is 29.8 Å². The zero-order valence-corrected chi connectivity index (χ0v) is 12.3. The van der Waals surface area contributed by atoms with Gasteiger partial charge in [0.15, 0.2) is 0 Å². The van der Waals surface area contributed by atoms with Gasteiger partial charge in [-0.2, -0.15) is 20.5 Å². The lowest BCUT2D eigenvalue weighted by atomic mass is 10.1. The molecule has 2 nitrogen and oxygen atoms in total. The number of hydrogen-bond acceptors (Lipinski definition) is 3. The molecular weight excluding hydrogens is 268 g/mol. The van der Waals surface area contributed by atoms with E-state index in [-0.39, 0.29) is 11.8 Å². The minimum atomic E-state index is -2.79. The summed E-state index contributed by atoms with van der Waals surface area (Å²) in [6, 6.07) is 7.28. The Bertz CT molecular complexity index is 376. The highest BCUT2D eigenvalue weighted by molar-refractivity contribution is 7.98. The number of hydrogen-bond donors (Lipinski definition) is 1. The number of ether oxygens (including phenoxy) is 1. The van der Waals surface area contributed by atoms with Crippen molar-refractivity contribution in [2.24, 2.45) is 0 Å². The van der Waals surface area contributed by atoms with Gasteiger partial charge in [-0.3, -0.25) is 0 Å². The maximum absolute atomic E-state index is 12.4. The Labute approximate surface area is 117 Å². The molecule has 0 aliphatic heterocycles.